The molecule has 27 heavy (non-hydrogen) atoms. The summed E-state index contributed by atoms with van der Waals surface area (Å²) in [4.78, 5) is 17.1. The van der Waals surface area contributed by atoms with Crippen LogP contribution in [-0.2, 0) is 13.1 Å². The van der Waals surface area contributed by atoms with E-state index in [4.69, 9.17) is 0 Å². The van der Waals surface area contributed by atoms with E-state index in [-0.39, 0.29) is 0 Å². The summed E-state index contributed by atoms with van der Waals surface area (Å²) >= 11 is 1.73. The molecule has 7 heteroatoms. The van der Waals surface area contributed by atoms with Gasteiger partial charge in [0.1, 0.15) is 5.82 Å². The molecule has 0 radical (unpaired) electrons. The van der Waals surface area contributed by atoms with Gasteiger partial charge in [-0.3, -0.25) is 4.99 Å². The van der Waals surface area contributed by atoms with Crippen molar-refractivity contribution in [1.82, 2.24) is 20.6 Å². The number of pyridine rings is 1. The van der Waals surface area contributed by atoms with Crippen LogP contribution in [0.1, 0.15) is 40.9 Å². The molecule has 2 N–H and O–H groups in total. The summed E-state index contributed by atoms with van der Waals surface area (Å²) in [5.41, 5.74) is 2.24. The molecular weight excluding hydrogens is 356 g/mol. The molecule has 1 fully saturated rings. The van der Waals surface area contributed by atoms with Gasteiger partial charge in [-0.25, -0.2) is 9.97 Å². The standard InChI is InChI=1S/C20H30N6S/c1-14-7-9-26(10-8-14)19-6-5-17(11-22-19)12-23-20(21-4)24-13-18-15(2)25-16(3)27-18/h5-6,11,14H,7-10,12-13H2,1-4H3,(H2,21,23,24). The molecule has 0 aliphatic carbocycles. The maximum absolute atomic E-state index is 4.66. The van der Waals surface area contributed by atoms with Crippen molar-refractivity contribution in [2.75, 3.05) is 25.0 Å². The molecule has 0 aromatic carbocycles. The zero-order valence-electron chi connectivity index (χ0n) is 16.7. The van der Waals surface area contributed by atoms with Gasteiger partial charge in [-0.05, 0) is 44.2 Å². The second kappa shape index (κ2) is 9.17. The Labute approximate surface area is 166 Å². The minimum absolute atomic E-state index is 0.699. The number of rotatable bonds is 5. The second-order valence-electron chi connectivity index (χ2n) is 7.22. The van der Waals surface area contributed by atoms with Crippen LogP contribution in [0.25, 0.3) is 0 Å². The maximum Gasteiger partial charge on any atom is 0.191 e. The number of aromatic nitrogens is 2. The maximum atomic E-state index is 4.66. The molecule has 0 amide bonds. The Morgan fingerprint density at radius 3 is 2.56 bits per heavy atom. The van der Waals surface area contributed by atoms with E-state index >= 15 is 0 Å². The Morgan fingerprint density at radius 2 is 1.96 bits per heavy atom. The van der Waals surface area contributed by atoms with Gasteiger partial charge in [0.05, 0.1) is 17.2 Å². The molecule has 1 saturated heterocycles. The van der Waals surface area contributed by atoms with Gasteiger partial charge in [-0.2, -0.15) is 0 Å². The van der Waals surface area contributed by atoms with E-state index in [1.54, 1.807) is 18.4 Å². The molecule has 2 aromatic rings. The molecule has 1 aliphatic rings. The minimum Gasteiger partial charge on any atom is -0.357 e. The lowest BCUT2D eigenvalue weighted by atomic mass is 9.99. The highest BCUT2D eigenvalue weighted by Gasteiger charge is 2.16. The average Bonchev–Trinajstić information content (AvgIpc) is 3.00. The van der Waals surface area contributed by atoms with E-state index in [0.29, 0.717) is 6.54 Å². The van der Waals surface area contributed by atoms with Gasteiger partial charge >= 0.3 is 0 Å². The van der Waals surface area contributed by atoms with Crippen molar-refractivity contribution in [2.45, 2.75) is 46.7 Å². The molecule has 3 heterocycles. The van der Waals surface area contributed by atoms with Gasteiger partial charge in [0.25, 0.3) is 0 Å². The minimum atomic E-state index is 0.699. The fourth-order valence-electron chi connectivity index (χ4n) is 3.25. The van der Waals surface area contributed by atoms with E-state index in [2.05, 4.69) is 49.6 Å². The van der Waals surface area contributed by atoms with Gasteiger partial charge in [-0.15, -0.1) is 11.3 Å². The lowest BCUT2D eigenvalue weighted by molar-refractivity contribution is 0.436. The number of nitrogens with one attached hydrogen (secondary N) is 2. The van der Waals surface area contributed by atoms with Gasteiger partial charge in [0, 0.05) is 37.8 Å². The van der Waals surface area contributed by atoms with Gasteiger partial charge in [-0.1, -0.05) is 13.0 Å². The summed E-state index contributed by atoms with van der Waals surface area (Å²) in [5, 5.41) is 7.81. The van der Waals surface area contributed by atoms with Crippen molar-refractivity contribution < 1.29 is 0 Å². The molecule has 3 rings (SSSR count). The van der Waals surface area contributed by atoms with Crippen LogP contribution in [0.2, 0.25) is 0 Å². The number of guanidine groups is 1. The highest BCUT2D eigenvalue weighted by molar-refractivity contribution is 7.11. The monoisotopic (exact) mass is 386 g/mol. The molecule has 6 nitrogen and oxygen atoms in total. The van der Waals surface area contributed by atoms with Crippen LogP contribution in [0.5, 0.6) is 0 Å². The van der Waals surface area contributed by atoms with E-state index in [9.17, 15) is 0 Å². The van der Waals surface area contributed by atoms with Crippen molar-refractivity contribution >= 4 is 23.1 Å². The quantitative estimate of drug-likeness (QED) is 0.610. The Hall–Kier alpha value is -2.15. The molecule has 1 aliphatic heterocycles. The molecule has 146 valence electrons. The van der Waals surface area contributed by atoms with E-state index in [1.807, 2.05) is 20.0 Å². The summed E-state index contributed by atoms with van der Waals surface area (Å²) in [7, 11) is 1.79. The van der Waals surface area contributed by atoms with Crippen LogP contribution in [0.3, 0.4) is 0 Å². The zero-order valence-corrected chi connectivity index (χ0v) is 17.6. The van der Waals surface area contributed by atoms with Crippen molar-refractivity contribution in [2.24, 2.45) is 10.9 Å². The van der Waals surface area contributed by atoms with Crippen molar-refractivity contribution in [3.8, 4) is 0 Å². The van der Waals surface area contributed by atoms with Crippen molar-refractivity contribution in [1.29, 1.82) is 0 Å². The lowest BCUT2D eigenvalue weighted by Gasteiger charge is -2.31. The Kier molecular flexibility index (Phi) is 6.66. The lowest BCUT2D eigenvalue weighted by Crippen LogP contribution is -2.36. The largest absolute Gasteiger partial charge is 0.357 e. The summed E-state index contributed by atoms with van der Waals surface area (Å²) < 4.78 is 0. The average molecular weight is 387 g/mol. The first-order chi connectivity index (χ1) is 13.0. The third kappa shape index (κ3) is 5.42. The number of aliphatic imine (C=N–C) groups is 1. The first-order valence-corrected chi connectivity index (χ1v) is 10.4. The van der Waals surface area contributed by atoms with E-state index in [1.165, 1.54) is 17.7 Å². The molecule has 0 spiro atoms. The zero-order chi connectivity index (χ0) is 19.2. The van der Waals surface area contributed by atoms with Gasteiger partial charge in [0.15, 0.2) is 5.96 Å². The summed E-state index contributed by atoms with van der Waals surface area (Å²) in [5.74, 6) is 2.71. The summed E-state index contributed by atoms with van der Waals surface area (Å²) in [6.07, 6.45) is 4.47. The summed E-state index contributed by atoms with van der Waals surface area (Å²) in [6.45, 7) is 10.1. The second-order valence-corrected chi connectivity index (χ2v) is 8.50. The van der Waals surface area contributed by atoms with E-state index < -0.39 is 0 Å². The van der Waals surface area contributed by atoms with Crippen LogP contribution < -0.4 is 15.5 Å². The third-order valence-electron chi connectivity index (χ3n) is 5.02. The smallest absolute Gasteiger partial charge is 0.191 e. The Morgan fingerprint density at radius 1 is 1.22 bits per heavy atom. The molecule has 2 aromatic heterocycles. The molecule has 0 unspecified atom stereocenters. The molecular formula is C20H30N6S. The third-order valence-corrected chi connectivity index (χ3v) is 6.09. The number of aryl methyl sites for hydroxylation is 2. The first kappa shape index (κ1) is 19.6. The number of thiazole rings is 1. The van der Waals surface area contributed by atoms with Crippen molar-refractivity contribution in [3.63, 3.8) is 0 Å². The molecule has 0 saturated carbocycles. The highest BCUT2D eigenvalue weighted by atomic mass is 32.1. The number of piperidine rings is 1. The Balaban J connectivity index is 1.48. The molecule has 0 bridgehead atoms. The number of hydrogen-bond donors (Lipinski definition) is 2. The van der Waals surface area contributed by atoms with Crippen molar-refractivity contribution in [3.05, 3.63) is 39.5 Å². The highest BCUT2D eigenvalue weighted by Crippen LogP contribution is 2.21. The van der Waals surface area contributed by atoms with Crippen LogP contribution in [0.4, 0.5) is 5.82 Å². The van der Waals surface area contributed by atoms with Gasteiger partial charge < -0.3 is 15.5 Å². The Bertz CT molecular complexity index is 759. The van der Waals surface area contributed by atoms with Gasteiger partial charge in [0.2, 0.25) is 0 Å². The van der Waals surface area contributed by atoms with Crippen LogP contribution in [-0.4, -0.2) is 36.1 Å². The topological polar surface area (TPSA) is 65.4 Å². The number of hydrogen-bond acceptors (Lipinski definition) is 5. The van der Waals surface area contributed by atoms with E-state index in [0.717, 1.165) is 53.6 Å². The SMILES string of the molecule is CN=C(NCc1ccc(N2CCC(C)CC2)nc1)NCc1sc(C)nc1C. The predicted octanol–water partition coefficient (Wildman–Crippen LogP) is 3.26. The fraction of sp³-hybridized carbons (Fsp3) is 0.550. The normalized spacial score (nSPS) is 15.9. The summed E-state index contributed by atoms with van der Waals surface area (Å²) in [6, 6.07) is 4.28. The van der Waals surface area contributed by atoms with Crippen LogP contribution >= 0.6 is 11.3 Å². The van der Waals surface area contributed by atoms with Crippen LogP contribution in [0.15, 0.2) is 23.3 Å². The fourth-order valence-corrected chi connectivity index (χ4v) is 4.13. The number of nitrogens with zero attached hydrogens (tertiary/aromatic N) is 4. The first-order valence-electron chi connectivity index (χ1n) is 9.62. The number of anilines is 1. The molecule has 0 atom stereocenters. The predicted molar refractivity (Wildman–Crippen MR) is 113 cm³/mol. The van der Waals surface area contributed by atoms with Crippen LogP contribution in [0, 0.1) is 19.8 Å².